The van der Waals surface area contributed by atoms with E-state index in [1.165, 1.54) is 30.3 Å². The summed E-state index contributed by atoms with van der Waals surface area (Å²) in [6.45, 7) is -0.279. The molecule has 0 spiro atoms. The van der Waals surface area contributed by atoms with Crippen molar-refractivity contribution in [2.45, 2.75) is 0 Å². The Morgan fingerprint density at radius 3 is 2.67 bits per heavy atom. The molecule has 0 saturated carbocycles. The maximum Gasteiger partial charge on any atom is 0.262 e. The van der Waals surface area contributed by atoms with Gasteiger partial charge in [-0.3, -0.25) is 4.79 Å². The third-order valence-electron chi connectivity index (χ3n) is 2.46. The minimum absolute atomic E-state index is 0.0880. The highest BCUT2D eigenvalue weighted by Crippen LogP contribution is 2.25. The zero-order valence-electron chi connectivity index (χ0n) is 10.5. The number of rotatable bonds is 4. The Hall–Kier alpha value is -1.66. The van der Waals surface area contributed by atoms with Crippen LogP contribution in [-0.4, -0.2) is 12.5 Å². The topological polar surface area (TPSA) is 38.3 Å². The highest BCUT2D eigenvalue weighted by atomic mass is 79.9. The second kappa shape index (κ2) is 6.87. The summed E-state index contributed by atoms with van der Waals surface area (Å²) in [6.07, 6.45) is 0. The number of carbonyl (C=O) groups excluding carboxylic acids is 1. The minimum atomic E-state index is -0.568. The molecule has 2 rings (SSSR count). The number of anilines is 1. The first-order valence-corrected chi connectivity index (χ1v) is 6.95. The Morgan fingerprint density at radius 1 is 1.24 bits per heavy atom. The molecule has 1 amide bonds. The highest BCUT2D eigenvalue weighted by molar-refractivity contribution is 9.10. The van der Waals surface area contributed by atoms with Crippen molar-refractivity contribution in [2.24, 2.45) is 0 Å². The maximum atomic E-state index is 13.0. The number of nitrogens with one attached hydrogen (secondary N) is 1. The van der Waals surface area contributed by atoms with Gasteiger partial charge in [0.25, 0.3) is 5.91 Å². The molecular formula is C14H9BrClF2NO2. The Kier molecular flexibility index (Phi) is 5.14. The van der Waals surface area contributed by atoms with E-state index >= 15 is 0 Å². The van der Waals surface area contributed by atoms with Gasteiger partial charge in [-0.2, -0.15) is 0 Å². The van der Waals surface area contributed by atoms with Crippen LogP contribution >= 0.6 is 27.5 Å². The largest absolute Gasteiger partial charge is 0.483 e. The zero-order valence-corrected chi connectivity index (χ0v) is 12.8. The summed E-state index contributed by atoms with van der Waals surface area (Å²) in [4.78, 5) is 11.7. The van der Waals surface area contributed by atoms with Crippen molar-refractivity contribution in [1.29, 1.82) is 0 Å². The first kappa shape index (κ1) is 15.7. The Morgan fingerprint density at radius 2 is 2.00 bits per heavy atom. The monoisotopic (exact) mass is 375 g/mol. The Labute approximate surface area is 133 Å². The number of amides is 1. The SMILES string of the molecule is O=C(COc1ccc(F)cc1Br)Nc1ccc(F)c(Cl)c1. The van der Waals surface area contributed by atoms with E-state index in [0.29, 0.717) is 15.9 Å². The van der Waals surface area contributed by atoms with E-state index < -0.39 is 17.5 Å². The predicted octanol–water partition coefficient (Wildman–Crippen LogP) is 4.40. The van der Waals surface area contributed by atoms with Crippen LogP contribution in [0.25, 0.3) is 0 Å². The number of ether oxygens (including phenoxy) is 1. The molecule has 110 valence electrons. The molecule has 0 unspecified atom stereocenters. The van der Waals surface area contributed by atoms with E-state index in [1.807, 2.05) is 0 Å². The fourth-order valence-electron chi connectivity index (χ4n) is 1.51. The minimum Gasteiger partial charge on any atom is -0.483 e. The van der Waals surface area contributed by atoms with Crippen molar-refractivity contribution in [2.75, 3.05) is 11.9 Å². The molecule has 2 aromatic carbocycles. The van der Waals surface area contributed by atoms with Gasteiger partial charge < -0.3 is 10.1 Å². The molecule has 0 atom stereocenters. The molecule has 3 nitrogen and oxygen atoms in total. The van der Waals surface area contributed by atoms with Gasteiger partial charge in [0.15, 0.2) is 6.61 Å². The van der Waals surface area contributed by atoms with E-state index in [9.17, 15) is 13.6 Å². The van der Waals surface area contributed by atoms with E-state index in [-0.39, 0.29) is 11.6 Å². The summed E-state index contributed by atoms with van der Waals surface area (Å²) >= 11 is 8.73. The molecule has 0 bridgehead atoms. The van der Waals surface area contributed by atoms with Crippen LogP contribution in [0.2, 0.25) is 5.02 Å². The summed E-state index contributed by atoms with van der Waals surface area (Å²) < 4.78 is 31.5. The lowest BCUT2D eigenvalue weighted by molar-refractivity contribution is -0.118. The maximum absolute atomic E-state index is 13.0. The van der Waals surface area contributed by atoms with E-state index in [0.717, 1.165) is 6.07 Å². The van der Waals surface area contributed by atoms with Gasteiger partial charge in [0.2, 0.25) is 0 Å². The molecule has 0 heterocycles. The van der Waals surface area contributed by atoms with Crippen molar-refractivity contribution >= 4 is 39.1 Å². The van der Waals surface area contributed by atoms with Crippen molar-refractivity contribution in [1.82, 2.24) is 0 Å². The molecule has 2 aromatic rings. The molecule has 0 saturated heterocycles. The summed E-state index contributed by atoms with van der Waals surface area (Å²) in [5.41, 5.74) is 0.355. The van der Waals surface area contributed by atoms with Crippen LogP contribution in [-0.2, 0) is 4.79 Å². The van der Waals surface area contributed by atoms with Crippen LogP contribution in [0.3, 0.4) is 0 Å². The van der Waals surface area contributed by atoms with Gasteiger partial charge >= 0.3 is 0 Å². The summed E-state index contributed by atoms with van der Waals surface area (Å²) in [5.74, 6) is -1.10. The summed E-state index contributed by atoms with van der Waals surface area (Å²) in [5, 5.41) is 2.42. The van der Waals surface area contributed by atoms with Gasteiger partial charge in [-0.15, -0.1) is 0 Å². The number of halogens is 4. The molecular weight excluding hydrogens is 368 g/mol. The van der Waals surface area contributed by atoms with Crippen molar-refractivity contribution < 1.29 is 18.3 Å². The first-order valence-electron chi connectivity index (χ1n) is 5.78. The quantitative estimate of drug-likeness (QED) is 0.859. The number of hydrogen-bond acceptors (Lipinski definition) is 2. The fourth-order valence-corrected chi connectivity index (χ4v) is 2.15. The summed E-state index contributed by atoms with van der Waals surface area (Å²) in [6, 6.07) is 7.68. The van der Waals surface area contributed by atoms with Crippen LogP contribution in [0.5, 0.6) is 5.75 Å². The van der Waals surface area contributed by atoms with Gasteiger partial charge in [0.1, 0.15) is 17.4 Å². The third-order valence-corrected chi connectivity index (χ3v) is 3.37. The lowest BCUT2D eigenvalue weighted by Crippen LogP contribution is -2.20. The van der Waals surface area contributed by atoms with Crippen LogP contribution in [0.4, 0.5) is 14.5 Å². The Balaban J connectivity index is 1.94. The second-order valence-electron chi connectivity index (χ2n) is 4.04. The first-order chi connectivity index (χ1) is 9.95. The number of hydrogen-bond donors (Lipinski definition) is 1. The Bertz CT molecular complexity index is 682. The number of carbonyl (C=O) groups is 1. The molecule has 0 aromatic heterocycles. The third kappa shape index (κ3) is 4.41. The van der Waals surface area contributed by atoms with Gasteiger partial charge in [-0.1, -0.05) is 11.6 Å². The lowest BCUT2D eigenvalue weighted by Gasteiger charge is -2.09. The molecule has 1 N–H and O–H groups in total. The van der Waals surface area contributed by atoms with Crippen molar-refractivity contribution in [3.8, 4) is 5.75 Å². The lowest BCUT2D eigenvalue weighted by atomic mass is 10.3. The van der Waals surface area contributed by atoms with Crippen LogP contribution in [0.1, 0.15) is 0 Å². The molecule has 0 aliphatic carbocycles. The van der Waals surface area contributed by atoms with Crippen LogP contribution < -0.4 is 10.1 Å². The molecule has 0 fully saturated rings. The van der Waals surface area contributed by atoms with Crippen molar-refractivity contribution in [3.63, 3.8) is 0 Å². The second-order valence-corrected chi connectivity index (χ2v) is 5.30. The molecule has 0 aliphatic heterocycles. The smallest absolute Gasteiger partial charge is 0.262 e. The number of benzene rings is 2. The molecule has 0 radical (unpaired) electrons. The van der Waals surface area contributed by atoms with Gasteiger partial charge in [-0.05, 0) is 52.3 Å². The van der Waals surface area contributed by atoms with Crippen molar-refractivity contribution in [3.05, 3.63) is 57.5 Å². The van der Waals surface area contributed by atoms with Gasteiger partial charge in [-0.25, -0.2) is 8.78 Å². The zero-order chi connectivity index (χ0) is 15.4. The van der Waals surface area contributed by atoms with E-state index in [4.69, 9.17) is 16.3 Å². The molecule has 21 heavy (non-hydrogen) atoms. The normalized spacial score (nSPS) is 10.3. The van der Waals surface area contributed by atoms with E-state index in [1.54, 1.807) is 0 Å². The standard InChI is InChI=1S/C14H9BrClF2NO2/c15-10-5-8(17)1-4-13(10)21-7-14(20)19-9-2-3-12(18)11(16)6-9/h1-6H,7H2,(H,19,20). The van der Waals surface area contributed by atoms with E-state index in [2.05, 4.69) is 21.2 Å². The fraction of sp³-hybridized carbons (Fsp3) is 0.0714. The molecule has 7 heteroatoms. The average Bonchev–Trinajstić information content (AvgIpc) is 2.42. The van der Waals surface area contributed by atoms with Crippen LogP contribution in [0.15, 0.2) is 40.9 Å². The average molecular weight is 377 g/mol. The highest BCUT2D eigenvalue weighted by Gasteiger charge is 2.08. The van der Waals surface area contributed by atoms with Gasteiger partial charge in [0.05, 0.1) is 9.50 Å². The summed E-state index contributed by atoms with van der Waals surface area (Å²) in [7, 11) is 0. The van der Waals surface area contributed by atoms with Crippen LogP contribution in [0, 0.1) is 11.6 Å². The predicted molar refractivity (Wildman–Crippen MR) is 79.6 cm³/mol. The molecule has 0 aliphatic rings. The van der Waals surface area contributed by atoms with Gasteiger partial charge in [0, 0.05) is 5.69 Å².